The summed E-state index contributed by atoms with van der Waals surface area (Å²) in [4.78, 5) is 16.8. The molecule has 0 saturated heterocycles. The van der Waals surface area contributed by atoms with Gasteiger partial charge in [-0.05, 0) is 18.9 Å². The van der Waals surface area contributed by atoms with Crippen LogP contribution in [0.25, 0.3) is 10.6 Å². The molecule has 1 heterocycles. The minimum atomic E-state index is -0.335. The average Bonchev–Trinajstić information content (AvgIpc) is 2.93. The van der Waals surface area contributed by atoms with E-state index in [0.29, 0.717) is 17.2 Å². The van der Waals surface area contributed by atoms with Crippen LogP contribution in [-0.2, 0) is 16.1 Å². The second-order valence-electron chi connectivity index (χ2n) is 4.99. The number of carbonyl (C=O) groups is 1. The first-order valence-corrected chi connectivity index (χ1v) is 8.20. The van der Waals surface area contributed by atoms with Gasteiger partial charge in [-0.25, -0.2) is 9.78 Å². The summed E-state index contributed by atoms with van der Waals surface area (Å²) in [6, 6.07) is 8.01. The largest absolute Gasteiger partial charge is 0.465 e. The van der Waals surface area contributed by atoms with Gasteiger partial charge < -0.3 is 9.47 Å². The van der Waals surface area contributed by atoms with Crippen LogP contribution < -0.4 is 0 Å². The zero-order chi connectivity index (χ0) is 15.9. The maximum absolute atomic E-state index is 11.7. The molecule has 0 saturated carbocycles. The fraction of sp³-hybridized carbons (Fsp3) is 0.412. The zero-order valence-electron chi connectivity index (χ0n) is 13.2. The molecule has 0 spiro atoms. The van der Waals surface area contributed by atoms with Crippen molar-refractivity contribution in [2.75, 3.05) is 13.7 Å². The first-order chi connectivity index (χ1) is 10.7. The van der Waals surface area contributed by atoms with Crippen LogP contribution in [-0.4, -0.2) is 24.7 Å². The molecule has 1 aromatic heterocycles. The lowest BCUT2D eigenvalue weighted by atomic mass is 10.1. The summed E-state index contributed by atoms with van der Waals surface area (Å²) >= 11 is 1.36. The maximum atomic E-state index is 11.7. The van der Waals surface area contributed by atoms with Crippen LogP contribution in [0.3, 0.4) is 0 Å². The number of nitrogens with zero attached hydrogens (tertiary/aromatic N) is 1. The molecule has 0 aliphatic heterocycles. The maximum Gasteiger partial charge on any atom is 0.349 e. The van der Waals surface area contributed by atoms with E-state index in [-0.39, 0.29) is 5.97 Å². The van der Waals surface area contributed by atoms with Crippen molar-refractivity contribution in [2.45, 2.75) is 33.3 Å². The lowest BCUT2D eigenvalue weighted by molar-refractivity contribution is 0.0605. The number of benzene rings is 1. The van der Waals surface area contributed by atoms with E-state index in [4.69, 9.17) is 9.47 Å². The fourth-order valence-corrected chi connectivity index (χ4v) is 3.12. The normalized spacial score (nSPS) is 10.7. The Bertz CT molecular complexity index is 637. The number of esters is 1. The molecule has 22 heavy (non-hydrogen) atoms. The second-order valence-corrected chi connectivity index (χ2v) is 5.99. The Morgan fingerprint density at radius 3 is 2.82 bits per heavy atom. The third-order valence-electron chi connectivity index (χ3n) is 3.31. The zero-order valence-corrected chi connectivity index (χ0v) is 14.0. The smallest absolute Gasteiger partial charge is 0.349 e. The number of thiazole rings is 1. The van der Waals surface area contributed by atoms with Gasteiger partial charge in [-0.3, -0.25) is 0 Å². The highest BCUT2D eigenvalue weighted by Crippen LogP contribution is 2.31. The average molecular weight is 319 g/mol. The summed E-state index contributed by atoms with van der Waals surface area (Å²) in [6.45, 7) is 5.29. The van der Waals surface area contributed by atoms with Gasteiger partial charge in [0.15, 0.2) is 0 Å². The number of hydrogen-bond donors (Lipinski definition) is 0. The van der Waals surface area contributed by atoms with Crippen molar-refractivity contribution in [3.05, 3.63) is 40.4 Å². The highest BCUT2D eigenvalue weighted by molar-refractivity contribution is 7.17. The lowest BCUT2D eigenvalue weighted by Crippen LogP contribution is -1.99. The van der Waals surface area contributed by atoms with Crippen molar-refractivity contribution in [1.82, 2.24) is 4.98 Å². The van der Waals surface area contributed by atoms with Gasteiger partial charge in [-0.15, -0.1) is 11.3 Å². The standard InChI is InChI=1S/C17H21NO3S/c1-4-5-10-21-11-13-8-6-7-9-14(13)16-18-12(2)15(22-16)17(19)20-3/h6-9H,4-5,10-11H2,1-3H3. The minimum Gasteiger partial charge on any atom is -0.465 e. The summed E-state index contributed by atoms with van der Waals surface area (Å²) in [7, 11) is 1.39. The Morgan fingerprint density at radius 1 is 1.32 bits per heavy atom. The molecular weight excluding hydrogens is 298 g/mol. The van der Waals surface area contributed by atoms with Crippen LogP contribution >= 0.6 is 11.3 Å². The van der Waals surface area contributed by atoms with E-state index in [1.165, 1.54) is 18.4 Å². The second kappa shape index (κ2) is 8.06. The first kappa shape index (κ1) is 16.6. The molecule has 0 aliphatic carbocycles. The highest BCUT2D eigenvalue weighted by Gasteiger charge is 2.17. The van der Waals surface area contributed by atoms with E-state index in [9.17, 15) is 4.79 Å². The van der Waals surface area contributed by atoms with Gasteiger partial charge in [0.05, 0.1) is 19.4 Å². The van der Waals surface area contributed by atoms with Crippen LogP contribution in [0.1, 0.15) is 40.7 Å². The number of aromatic nitrogens is 1. The molecule has 0 bridgehead atoms. The van der Waals surface area contributed by atoms with Crippen LogP contribution in [0.5, 0.6) is 0 Å². The summed E-state index contributed by atoms with van der Waals surface area (Å²) < 4.78 is 10.5. The molecule has 0 unspecified atom stereocenters. The van der Waals surface area contributed by atoms with Crippen molar-refractivity contribution >= 4 is 17.3 Å². The summed E-state index contributed by atoms with van der Waals surface area (Å²) in [5.41, 5.74) is 2.81. The summed E-state index contributed by atoms with van der Waals surface area (Å²) in [5.74, 6) is -0.335. The highest BCUT2D eigenvalue weighted by atomic mass is 32.1. The number of aryl methyl sites for hydroxylation is 1. The van der Waals surface area contributed by atoms with Gasteiger partial charge in [-0.1, -0.05) is 37.6 Å². The van der Waals surface area contributed by atoms with Gasteiger partial charge in [0, 0.05) is 12.2 Å². The van der Waals surface area contributed by atoms with Gasteiger partial charge in [-0.2, -0.15) is 0 Å². The van der Waals surface area contributed by atoms with Crippen LogP contribution in [0.4, 0.5) is 0 Å². The van der Waals surface area contributed by atoms with Crippen LogP contribution in [0.2, 0.25) is 0 Å². The predicted molar refractivity (Wildman–Crippen MR) is 88.2 cm³/mol. The van der Waals surface area contributed by atoms with Crippen LogP contribution in [0, 0.1) is 6.92 Å². The molecule has 0 atom stereocenters. The molecule has 118 valence electrons. The quantitative estimate of drug-likeness (QED) is 0.566. The van der Waals surface area contributed by atoms with E-state index in [0.717, 1.165) is 35.6 Å². The molecule has 0 amide bonds. The van der Waals surface area contributed by atoms with Gasteiger partial charge >= 0.3 is 5.97 Å². The number of unbranched alkanes of at least 4 members (excludes halogenated alkanes) is 1. The molecule has 5 heteroatoms. The minimum absolute atomic E-state index is 0.335. The Kier molecular flexibility index (Phi) is 6.10. The van der Waals surface area contributed by atoms with Crippen LogP contribution in [0.15, 0.2) is 24.3 Å². The van der Waals surface area contributed by atoms with Crippen molar-refractivity contribution in [3.8, 4) is 10.6 Å². The number of ether oxygens (including phenoxy) is 2. The number of rotatable bonds is 7. The van der Waals surface area contributed by atoms with E-state index >= 15 is 0 Å². The van der Waals surface area contributed by atoms with Gasteiger partial charge in [0.2, 0.25) is 0 Å². The molecule has 2 aromatic rings. The Hall–Kier alpha value is -1.72. The van der Waals surface area contributed by atoms with Crippen molar-refractivity contribution in [2.24, 2.45) is 0 Å². The van der Waals surface area contributed by atoms with Crippen molar-refractivity contribution in [1.29, 1.82) is 0 Å². The number of carbonyl (C=O) groups excluding carboxylic acids is 1. The molecule has 2 rings (SSSR count). The number of methoxy groups -OCH3 is 1. The van der Waals surface area contributed by atoms with E-state index in [2.05, 4.69) is 11.9 Å². The topological polar surface area (TPSA) is 48.4 Å². The third-order valence-corrected chi connectivity index (χ3v) is 4.49. The Labute approximate surface area is 135 Å². The SMILES string of the molecule is CCCCOCc1ccccc1-c1nc(C)c(C(=O)OC)s1. The Balaban J connectivity index is 2.23. The predicted octanol–water partition coefficient (Wildman–Crippen LogP) is 4.22. The van der Waals surface area contributed by atoms with Crippen molar-refractivity contribution < 1.29 is 14.3 Å². The van der Waals surface area contributed by atoms with Gasteiger partial charge in [0.1, 0.15) is 9.88 Å². The molecule has 0 N–H and O–H groups in total. The first-order valence-electron chi connectivity index (χ1n) is 7.39. The molecule has 4 nitrogen and oxygen atoms in total. The summed E-state index contributed by atoms with van der Waals surface area (Å²) in [5, 5.41) is 0.826. The van der Waals surface area contributed by atoms with E-state index in [1.54, 1.807) is 0 Å². The third kappa shape index (κ3) is 3.93. The monoisotopic (exact) mass is 319 g/mol. The summed E-state index contributed by atoms with van der Waals surface area (Å²) in [6.07, 6.45) is 2.18. The number of hydrogen-bond acceptors (Lipinski definition) is 5. The molecule has 0 fully saturated rings. The van der Waals surface area contributed by atoms with Crippen molar-refractivity contribution in [3.63, 3.8) is 0 Å². The lowest BCUT2D eigenvalue weighted by Gasteiger charge is -2.08. The molecule has 0 aliphatic rings. The molecular formula is C17H21NO3S. The molecule has 0 radical (unpaired) electrons. The Morgan fingerprint density at radius 2 is 2.09 bits per heavy atom. The van der Waals surface area contributed by atoms with Gasteiger partial charge in [0.25, 0.3) is 0 Å². The molecule has 1 aromatic carbocycles. The van der Waals surface area contributed by atoms with E-state index < -0.39 is 0 Å². The fourth-order valence-electron chi connectivity index (χ4n) is 2.08. The van der Waals surface area contributed by atoms with E-state index in [1.807, 2.05) is 31.2 Å².